The molecule has 0 spiro atoms. The monoisotopic (exact) mass is 238 g/mol. The van der Waals surface area contributed by atoms with E-state index in [1.807, 2.05) is 18.2 Å². The van der Waals surface area contributed by atoms with E-state index in [9.17, 15) is 5.11 Å². The minimum Gasteiger partial charge on any atom is -0.496 e. The Morgan fingerprint density at radius 2 is 2.29 bits per heavy atom. The van der Waals surface area contributed by atoms with E-state index < -0.39 is 0 Å². The first-order chi connectivity index (χ1) is 8.24. The molecule has 1 aromatic rings. The zero-order chi connectivity index (χ0) is 12.3. The predicted octanol–water partition coefficient (Wildman–Crippen LogP) is 1.40. The molecule has 2 atom stereocenters. The summed E-state index contributed by atoms with van der Waals surface area (Å²) < 4.78 is 10.9. The van der Waals surface area contributed by atoms with Crippen LogP contribution in [0.2, 0.25) is 0 Å². The first-order valence-corrected chi connectivity index (χ1v) is 5.82. The Morgan fingerprint density at radius 1 is 1.47 bits per heavy atom. The van der Waals surface area contributed by atoms with Crippen LogP contribution in [0.4, 0.5) is 0 Å². The van der Waals surface area contributed by atoms with Gasteiger partial charge in [-0.05, 0) is 24.1 Å². The fraction of sp³-hybridized carbons (Fsp3) is 0.538. The van der Waals surface area contributed by atoms with Crippen molar-refractivity contribution in [3.8, 4) is 5.75 Å². The Labute approximate surface area is 101 Å². The van der Waals surface area contributed by atoms with Crippen LogP contribution in [0.25, 0.3) is 0 Å². The lowest BCUT2D eigenvalue weighted by molar-refractivity contribution is -0.0456. The third-order valence-corrected chi connectivity index (χ3v) is 3.08. The van der Waals surface area contributed by atoms with Crippen LogP contribution in [0, 0.1) is 0 Å². The number of methoxy groups -OCH3 is 1. The second kappa shape index (κ2) is 5.49. The van der Waals surface area contributed by atoms with Gasteiger partial charge in [-0.1, -0.05) is 6.07 Å². The molecule has 0 amide bonds. The van der Waals surface area contributed by atoms with E-state index in [0.29, 0.717) is 19.4 Å². The molecule has 0 saturated carbocycles. The van der Waals surface area contributed by atoms with Gasteiger partial charge in [0, 0.05) is 18.6 Å². The standard InChI is InChI=1S/C13H18O4/c1-16-12-3-2-9(8-14)6-11(12)13-7-10(15)4-5-17-13/h2-3,6,10,13-15H,4-5,7-8H2,1H3. The third-order valence-electron chi connectivity index (χ3n) is 3.08. The number of benzene rings is 1. The second-order valence-electron chi connectivity index (χ2n) is 4.27. The van der Waals surface area contributed by atoms with Crippen molar-refractivity contribution in [3.63, 3.8) is 0 Å². The van der Waals surface area contributed by atoms with Crippen LogP contribution < -0.4 is 4.74 Å². The molecule has 0 aromatic heterocycles. The highest BCUT2D eigenvalue weighted by atomic mass is 16.5. The molecule has 1 aliphatic rings. The van der Waals surface area contributed by atoms with Crippen LogP contribution in [-0.4, -0.2) is 30.0 Å². The zero-order valence-corrected chi connectivity index (χ0v) is 9.93. The molecular weight excluding hydrogens is 220 g/mol. The van der Waals surface area contributed by atoms with Crippen molar-refractivity contribution < 1.29 is 19.7 Å². The molecule has 2 N–H and O–H groups in total. The van der Waals surface area contributed by atoms with Crippen molar-refractivity contribution in [2.75, 3.05) is 13.7 Å². The second-order valence-corrected chi connectivity index (χ2v) is 4.27. The predicted molar refractivity (Wildman–Crippen MR) is 62.9 cm³/mol. The molecular formula is C13H18O4. The smallest absolute Gasteiger partial charge is 0.124 e. The van der Waals surface area contributed by atoms with Gasteiger partial charge in [-0.15, -0.1) is 0 Å². The van der Waals surface area contributed by atoms with Gasteiger partial charge in [0.2, 0.25) is 0 Å². The number of aliphatic hydroxyl groups excluding tert-OH is 2. The van der Waals surface area contributed by atoms with Crippen molar-refractivity contribution in [3.05, 3.63) is 29.3 Å². The Hall–Kier alpha value is -1.10. The number of ether oxygens (including phenoxy) is 2. The van der Waals surface area contributed by atoms with Gasteiger partial charge in [0.05, 0.1) is 25.9 Å². The highest BCUT2D eigenvalue weighted by molar-refractivity contribution is 5.39. The van der Waals surface area contributed by atoms with Crippen molar-refractivity contribution in [2.24, 2.45) is 0 Å². The molecule has 4 heteroatoms. The van der Waals surface area contributed by atoms with Gasteiger partial charge < -0.3 is 19.7 Å². The van der Waals surface area contributed by atoms with Crippen LogP contribution in [0.15, 0.2) is 18.2 Å². The summed E-state index contributed by atoms with van der Waals surface area (Å²) in [6.45, 7) is 0.546. The van der Waals surface area contributed by atoms with Crippen LogP contribution in [0.3, 0.4) is 0 Å². The van der Waals surface area contributed by atoms with E-state index in [1.165, 1.54) is 0 Å². The molecule has 0 bridgehead atoms. The van der Waals surface area contributed by atoms with Crippen LogP contribution >= 0.6 is 0 Å². The summed E-state index contributed by atoms with van der Waals surface area (Å²) in [5.41, 5.74) is 1.72. The molecule has 4 nitrogen and oxygen atoms in total. The Kier molecular flexibility index (Phi) is 3.99. The summed E-state index contributed by atoms with van der Waals surface area (Å²) in [6, 6.07) is 5.52. The van der Waals surface area contributed by atoms with Crippen molar-refractivity contribution >= 4 is 0 Å². The van der Waals surface area contributed by atoms with Gasteiger partial charge in [-0.3, -0.25) is 0 Å². The maximum Gasteiger partial charge on any atom is 0.124 e. The van der Waals surface area contributed by atoms with Crippen molar-refractivity contribution in [2.45, 2.75) is 31.7 Å². The van der Waals surface area contributed by atoms with E-state index in [0.717, 1.165) is 16.9 Å². The topological polar surface area (TPSA) is 58.9 Å². The molecule has 1 aromatic carbocycles. The normalized spacial score (nSPS) is 24.6. The van der Waals surface area contributed by atoms with Gasteiger partial charge in [0.15, 0.2) is 0 Å². The van der Waals surface area contributed by atoms with E-state index in [4.69, 9.17) is 14.6 Å². The molecule has 17 heavy (non-hydrogen) atoms. The molecule has 2 unspecified atom stereocenters. The summed E-state index contributed by atoms with van der Waals surface area (Å²) in [5.74, 6) is 0.737. The first kappa shape index (κ1) is 12.4. The third kappa shape index (κ3) is 2.77. The number of hydrogen-bond acceptors (Lipinski definition) is 4. The molecule has 0 aliphatic carbocycles. The lowest BCUT2D eigenvalue weighted by Gasteiger charge is -2.28. The van der Waals surface area contributed by atoms with Gasteiger partial charge in [0.25, 0.3) is 0 Å². The van der Waals surface area contributed by atoms with Crippen LogP contribution in [0.5, 0.6) is 5.75 Å². The van der Waals surface area contributed by atoms with Gasteiger partial charge in [-0.25, -0.2) is 0 Å². The molecule has 1 heterocycles. The quantitative estimate of drug-likeness (QED) is 0.835. The molecule has 2 rings (SSSR count). The summed E-state index contributed by atoms with van der Waals surface area (Å²) in [5, 5.41) is 18.8. The summed E-state index contributed by atoms with van der Waals surface area (Å²) >= 11 is 0. The van der Waals surface area contributed by atoms with E-state index in [2.05, 4.69) is 0 Å². The summed E-state index contributed by atoms with van der Waals surface area (Å²) in [7, 11) is 1.61. The van der Waals surface area contributed by atoms with Gasteiger partial charge >= 0.3 is 0 Å². The van der Waals surface area contributed by atoms with Crippen molar-refractivity contribution in [1.29, 1.82) is 0 Å². The van der Waals surface area contributed by atoms with E-state index in [-0.39, 0.29) is 18.8 Å². The van der Waals surface area contributed by atoms with E-state index >= 15 is 0 Å². The minimum atomic E-state index is -0.323. The Bertz CT molecular complexity index is 378. The SMILES string of the molecule is COc1ccc(CO)cc1C1CC(O)CCO1. The van der Waals surface area contributed by atoms with Gasteiger partial charge in [0.1, 0.15) is 5.75 Å². The molecule has 1 saturated heterocycles. The van der Waals surface area contributed by atoms with E-state index in [1.54, 1.807) is 7.11 Å². The molecule has 1 aliphatic heterocycles. The lowest BCUT2D eigenvalue weighted by Crippen LogP contribution is -2.23. The highest BCUT2D eigenvalue weighted by Gasteiger charge is 2.25. The number of hydrogen-bond donors (Lipinski definition) is 2. The maximum atomic E-state index is 9.66. The largest absolute Gasteiger partial charge is 0.496 e. The minimum absolute atomic E-state index is 0.00767. The Balaban J connectivity index is 2.27. The summed E-state index contributed by atoms with van der Waals surface area (Å²) in [6.07, 6.45) is 0.778. The average molecular weight is 238 g/mol. The van der Waals surface area contributed by atoms with Crippen LogP contribution in [-0.2, 0) is 11.3 Å². The zero-order valence-electron chi connectivity index (χ0n) is 9.93. The number of rotatable bonds is 3. The number of aliphatic hydroxyl groups is 2. The first-order valence-electron chi connectivity index (χ1n) is 5.82. The highest BCUT2D eigenvalue weighted by Crippen LogP contribution is 2.34. The maximum absolute atomic E-state index is 9.66. The molecule has 94 valence electrons. The molecule has 1 fully saturated rings. The molecule has 0 radical (unpaired) electrons. The fourth-order valence-corrected chi connectivity index (χ4v) is 2.13. The van der Waals surface area contributed by atoms with Gasteiger partial charge in [-0.2, -0.15) is 0 Å². The van der Waals surface area contributed by atoms with Crippen molar-refractivity contribution in [1.82, 2.24) is 0 Å². The Morgan fingerprint density at radius 3 is 2.94 bits per heavy atom. The average Bonchev–Trinajstić information content (AvgIpc) is 2.38. The summed E-state index contributed by atoms with van der Waals surface area (Å²) in [4.78, 5) is 0. The lowest BCUT2D eigenvalue weighted by atomic mass is 9.97. The fourth-order valence-electron chi connectivity index (χ4n) is 2.13. The van der Waals surface area contributed by atoms with Crippen LogP contribution in [0.1, 0.15) is 30.1 Å².